The summed E-state index contributed by atoms with van der Waals surface area (Å²) in [4.78, 5) is 12.0. The van der Waals surface area contributed by atoms with Crippen LogP contribution >= 0.6 is 0 Å². The number of aliphatic hydroxyl groups excluding tert-OH is 1. The first-order valence-corrected chi connectivity index (χ1v) is 6.39. The van der Waals surface area contributed by atoms with Crippen molar-refractivity contribution in [2.45, 2.75) is 6.10 Å². The van der Waals surface area contributed by atoms with E-state index in [1.165, 1.54) is 7.11 Å². The summed E-state index contributed by atoms with van der Waals surface area (Å²) in [5, 5.41) is 10.4. The highest BCUT2D eigenvalue weighted by atomic mass is 16.5. The maximum absolute atomic E-state index is 12.0. The molecule has 0 saturated carbocycles. The topological polar surface area (TPSA) is 46.5 Å². The van der Waals surface area contributed by atoms with Crippen molar-refractivity contribution in [1.29, 1.82) is 0 Å². The Balaban J connectivity index is 2.27. The van der Waals surface area contributed by atoms with Crippen molar-refractivity contribution in [2.75, 3.05) is 7.11 Å². The fourth-order valence-electron chi connectivity index (χ4n) is 2.64. The van der Waals surface area contributed by atoms with Gasteiger partial charge < -0.3 is 9.84 Å². The number of esters is 1. The van der Waals surface area contributed by atoms with E-state index in [2.05, 4.69) is 0 Å². The number of hydrogen-bond acceptors (Lipinski definition) is 3. The summed E-state index contributed by atoms with van der Waals surface area (Å²) in [5.41, 5.74) is 3.58. The van der Waals surface area contributed by atoms with Gasteiger partial charge in [0, 0.05) is 5.57 Å². The summed E-state index contributed by atoms with van der Waals surface area (Å²) in [6, 6.07) is 17.1. The van der Waals surface area contributed by atoms with Gasteiger partial charge in [0.05, 0.1) is 12.7 Å². The predicted molar refractivity (Wildman–Crippen MR) is 75.9 cm³/mol. The van der Waals surface area contributed by atoms with Crippen LogP contribution in [0.25, 0.3) is 5.57 Å². The van der Waals surface area contributed by atoms with Gasteiger partial charge >= 0.3 is 5.97 Å². The molecule has 0 bridgehead atoms. The molecular formula is C17H14O3. The van der Waals surface area contributed by atoms with Crippen molar-refractivity contribution >= 4 is 11.5 Å². The first-order chi connectivity index (χ1) is 9.74. The fourth-order valence-corrected chi connectivity index (χ4v) is 2.64. The largest absolute Gasteiger partial charge is 0.466 e. The molecule has 0 saturated heterocycles. The van der Waals surface area contributed by atoms with Gasteiger partial charge in [-0.05, 0) is 16.7 Å². The van der Waals surface area contributed by atoms with Gasteiger partial charge in [-0.2, -0.15) is 0 Å². The van der Waals surface area contributed by atoms with Gasteiger partial charge in [-0.3, -0.25) is 0 Å². The molecule has 0 amide bonds. The van der Waals surface area contributed by atoms with E-state index in [-0.39, 0.29) is 0 Å². The molecule has 1 aliphatic carbocycles. The van der Waals surface area contributed by atoms with Gasteiger partial charge in [0.2, 0.25) is 0 Å². The Morgan fingerprint density at radius 1 is 1.05 bits per heavy atom. The van der Waals surface area contributed by atoms with E-state index in [1.807, 2.05) is 54.6 Å². The third kappa shape index (κ3) is 1.84. The van der Waals surface area contributed by atoms with Crippen LogP contribution in [0.5, 0.6) is 0 Å². The number of methoxy groups -OCH3 is 1. The van der Waals surface area contributed by atoms with Crippen molar-refractivity contribution < 1.29 is 14.6 Å². The van der Waals surface area contributed by atoms with E-state index in [1.54, 1.807) is 0 Å². The monoisotopic (exact) mass is 266 g/mol. The van der Waals surface area contributed by atoms with Crippen molar-refractivity contribution in [3.63, 3.8) is 0 Å². The molecule has 0 aliphatic heterocycles. The van der Waals surface area contributed by atoms with Gasteiger partial charge in [-0.15, -0.1) is 0 Å². The van der Waals surface area contributed by atoms with Crippen LogP contribution in [-0.2, 0) is 9.53 Å². The normalized spacial score (nSPS) is 17.0. The minimum Gasteiger partial charge on any atom is -0.466 e. The van der Waals surface area contributed by atoms with E-state index in [0.29, 0.717) is 5.57 Å². The third-order valence-corrected chi connectivity index (χ3v) is 3.54. The lowest BCUT2D eigenvalue weighted by atomic mass is 9.97. The average molecular weight is 266 g/mol. The summed E-state index contributed by atoms with van der Waals surface area (Å²) < 4.78 is 4.83. The summed E-state index contributed by atoms with van der Waals surface area (Å²) in [5.74, 6) is -0.493. The number of hydrogen-bond donors (Lipinski definition) is 1. The molecule has 0 spiro atoms. The van der Waals surface area contributed by atoms with Gasteiger partial charge in [-0.1, -0.05) is 54.6 Å². The lowest BCUT2D eigenvalue weighted by Crippen LogP contribution is -2.11. The molecule has 20 heavy (non-hydrogen) atoms. The highest BCUT2D eigenvalue weighted by molar-refractivity contribution is 6.06. The Morgan fingerprint density at radius 3 is 2.40 bits per heavy atom. The molecule has 3 nitrogen and oxygen atoms in total. The van der Waals surface area contributed by atoms with E-state index in [0.717, 1.165) is 22.3 Å². The van der Waals surface area contributed by atoms with Crippen LogP contribution in [0.1, 0.15) is 22.8 Å². The quantitative estimate of drug-likeness (QED) is 0.850. The van der Waals surface area contributed by atoms with E-state index >= 15 is 0 Å². The SMILES string of the molecule is COC(=O)C1=C(c2ccccc2)c2ccccc2C1O. The second-order valence-corrected chi connectivity index (χ2v) is 4.64. The molecule has 2 aromatic rings. The van der Waals surface area contributed by atoms with Gasteiger partial charge in [0.25, 0.3) is 0 Å². The minimum atomic E-state index is -0.936. The fraction of sp³-hybridized carbons (Fsp3) is 0.118. The Kier molecular flexibility index (Phi) is 3.12. The number of ether oxygens (including phenoxy) is 1. The molecule has 1 N–H and O–H groups in total. The second-order valence-electron chi connectivity index (χ2n) is 4.64. The van der Waals surface area contributed by atoms with Gasteiger partial charge in [0.1, 0.15) is 6.10 Å². The maximum atomic E-state index is 12.0. The Morgan fingerprint density at radius 2 is 1.70 bits per heavy atom. The van der Waals surface area contributed by atoms with Gasteiger partial charge in [0.15, 0.2) is 0 Å². The summed E-state index contributed by atoms with van der Waals surface area (Å²) in [6.45, 7) is 0. The average Bonchev–Trinajstić information content (AvgIpc) is 2.81. The molecule has 1 unspecified atom stereocenters. The minimum absolute atomic E-state index is 0.305. The standard InChI is InChI=1S/C17H14O3/c1-20-17(19)15-14(11-7-3-2-4-8-11)12-9-5-6-10-13(12)16(15)18/h2-10,16,18H,1H3. The Labute approximate surface area is 117 Å². The first-order valence-electron chi connectivity index (χ1n) is 6.39. The molecule has 3 rings (SSSR count). The Hall–Kier alpha value is -2.39. The first kappa shape index (κ1) is 12.6. The van der Waals surface area contributed by atoms with Crippen LogP contribution in [0.3, 0.4) is 0 Å². The summed E-state index contributed by atoms with van der Waals surface area (Å²) in [6.07, 6.45) is -0.936. The van der Waals surface area contributed by atoms with Crippen LogP contribution in [0.15, 0.2) is 60.2 Å². The lowest BCUT2D eigenvalue weighted by molar-refractivity contribution is -0.137. The van der Waals surface area contributed by atoms with Crippen LogP contribution in [0.4, 0.5) is 0 Å². The molecule has 0 heterocycles. The smallest absolute Gasteiger partial charge is 0.337 e. The zero-order chi connectivity index (χ0) is 14.1. The van der Waals surface area contributed by atoms with Crippen molar-refractivity contribution in [3.8, 4) is 0 Å². The maximum Gasteiger partial charge on any atom is 0.337 e. The number of benzene rings is 2. The van der Waals surface area contributed by atoms with Crippen molar-refractivity contribution in [2.24, 2.45) is 0 Å². The van der Waals surface area contributed by atoms with E-state index < -0.39 is 12.1 Å². The Bertz CT molecular complexity index is 686. The number of carbonyl (C=O) groups is 1. The highest BCUT2D eigenvalue weighted by Crippen LogP contribution is 2.43. The molecule has 0 aromatic heterocycles. The highest BCUT2D eigenvalue weighted by Gasteiger charge is 2.34. The molecule has 1 aliphatic rings. The predicted octanol–water partition coefficient (Wildman–Crippen LogP) is 2.71. The van der Waals surface area contributed by atoms with Crippen molar-refractivity contribution in [1.82, 2.24) is 0 Å². The number of rotatable bonds is 2. The molecule has 2 aromatic carbocycles. The molecule has 0 radical (unpaired) electrons. The second kappa shape index (κ2) is 4.94. The summed E-state index contributed by atoms with van der Waals surface area (Å²) in [7, 11) is 1.33. The molecular weight excluding hydrogens is 252 g/mol. The number of fused-ring (bicyclic) bond motifs is 1. The third-order valence-electron chi connectivity index (χ3n) is 3.54. The number of aliphatic hydroxyl groups is 1. The van der Waals surface area contributed by atoms with Crippen LogP contribution in [0, 0.1) is 0 Å². The summed E-state index contributed by atoms with van der Waals surface area (Å²) >= 11 is 0. The zero-order valence-electron chi connectivity index (χ0n) is 11.0. The van der Waals surface area contributed by atoms with Crippen molar-refractivity contribution in [3.05, 3.63) is 76.9 Å². The van der Waals surface area contributed by atoms with Crippen LogP contribution < -0.4 is 0 Å². The van der Waals surface area contributed by atoms with E-state index in [4.69, 9.17) is 4.74 Å². The van der Waals surface area contributed by atoms with Crippen LogP contribution in [0.2, 0.25) is 0 Å². The van der Waals surface area contributed by atoms with E-state index in [9.17, 15) is 9.90 Å². The molecule has 0 fully saturated rings. The lowest BCUT2D eigenvalue weighted by Gasteiger charge is -2.09. The molecule has 3 heteroatoms. The van der Waals surface area contributed by atoms with Crippen LogP contribution in [-0.4, -0.2) is 18.2 Å². The zero-order valence-corrected chi connectivity index (χ0v) is 11.0. The molecule has 100 valence electrons. The molecule has 1 atom stereocenters. The number of carbonyl (C=O) groups excluding carboxylic acids is 1. The van der Waals surface area contributed by atoms with Gasteiger partial charge in [-0.25, -0.2) is 4.79 Å².